The molecule has 0 bridgehead atoms. The number of aromatic nitrogens is 4. The topological polar surface area (TPSA) is 142 Å². The summed E-state index contributed by atoms with van der Waals surface area (Å²) in [7, 11) is 1.74. The minimum absolute atomic E-state index is 0.00816. The highest BCUT2D eigenvalue weighted by Gasteiger charge is 2.24. The molecule has 0 unspecified atom stereocenters. The summed E-state index contributed by atoms with van der Waals surface area (Å²) in [5.41, 5.74) is 1.04. The van der Waals surface area contributed by atoms with Crippen LogP contribution in [-0.4, -0.2) is 54.1 Å². The van der Waals surface area contributed by atoms with Crippen molar-refractivity contribution in [2.45, 2.75) is 19.9 Å². The van der Waals surface area contributed by atoms with Gasteiger partial charge in [0.15, 0.2) is 0 Å². The van der Waals surface area contributed by atoms with Crippen LogP contribution in [0, 0.1) is 6.92 Å². The summed E-state index contributed by atoms with van der Waals surface area (Å²) >= 11 is 1.13. The van der Waals surface area contributed by atoms with Gasteiger partial charge in [0.2, 0.25) is 11.8 Å². The Morgan fingerprint density at radius 1 is 1.09 bits per heavy atom. The third kappa shape index (κ3) is 4.62. The zero-order valence-corrected chi connectivity index (χ0v) is 19.5. The van der Waals surface area contributed by atoms with Crippen LogP contribution in [0.15, 0.2) is 44.7 Å². The Balaban J connectivity index is 1.35. The second kappa shape index (κ2) is 9.59. The van der Waals surface area contributed by atoms with Crippen LogP contribution in [-0.2, 0) is 29.6 Å². The largest absolute Gasteiger partial charge is 0.336 e. The van der Waals surface area contributed by atoms with Crippen LogP contribution in [0.2, 0.25) is 0 Å². The Kier molecular flexibility index (Phi) is 6.59. The summed E-state index contributed by atoms with van der Waals surface area (Å²) in [6.07, 6.45) is 0.347. The maximum Gasteiger partial charge on any atom is 0.325 e. The number of hydrogen-bond donors (Lipinski definition) is 3. The molecule has 2 aromatic heterocycles. The molecule has 34 heavy (non-hydrogen) atoms. The van der Waals surface area contributed by atoms with Crippen LogP contribution < -0.4 is 22.1 Å². The standard InChI is InChI=1S/C22H24N6O5S/c1-13-19(21(32)28(26(13)2)14-6-4-3-5-7-14)24-17(29)11-34-12-18(30)27-9-8-15-16(10-27)23-22(33)25-20(15)31/h3-7H,8-12H2,1-2H3,(H,24,29)(H2,23,25,31,33). The van der Waals surface area contributed by atoms with Gasteiger partial charge in [0, 0.05) is 24.8 Å². The zero-order chi connectivity index (χ0) is 24.4. The van der Waals surface area contributed by atoms with E-state index >= 15 is 0 Å². The van der Waals surface area contributed by atoms with E-state index in [-0.39, 0.29) is 41.1 Å². The number of nitrogens with zero attached hydrogens (tertiary/aromatic N) is 3. The van der Waals surface area contributed by atoms with Crippen molar-refractivity contribution in [3.8, 4) is 5.69 Å². The van der Waals surface area contributed by atoms with Gasteiger partial charge in [-0.1, -0.05) is 18.2 Å². The third-order valence-corrected chi connectivity index (χ3v) is 6.66. The first-order chi connectivity index (χ1) is 16.3. The first-order valence-electron chi connectivity index (χ1n) is 10.6. The number of thioether (sulfide) groups is 1. The predicted molar refractivity (Wildman–Crippen MR) is 129 cm³/mol. The van der Waals surface area contributed by atoms with Gasteiger partial charge in [0.25, 0.3) is 11.1 Å². The fourth-order valence-corrected chi connectivity index (χ4v) is 4.62. The summed E-state index contributed by atoms with van der Waals surface area (Å²) < 4.78 is 3.15. The maximum absolute atomic E-state index is 12.9. The van der Waals surface area contributed by atoms with E-state index in [9.17, 15) is 24.0 Å². The summed E-state index contributed by atoms with van der Waals surface area (Å²) in [4.78, 5) is 67.6. The number of para-hydroxylation sites is 1. The number of carbonyl (C=O) groups excluding carboxylic acids is 2. The van der Waals surface area contributed by atoms with Gasteiger partial charge in [-0.2, -0.15) is 0 Å². The van der Waals surface area contributed by atoms with Crippen molar-refractivity contribution in [3.63, 3.8) is 0 Å². The fraction of sp³-hybridized carbons (Fsp3) is 0.318. The summed E-state index contributed by atoms with van der Waals surface area (Å²) in [6.45, 7) is 2.25. The molecule has 1 aromatic carbocycles. The summed E-state index contributed by atoms with van der Waals surface area (Å²) in [5, 5.41) is 2.67. The summed E-state index contributed by atoms with van der Waals surface area (Å²) in [6, 6.07) is 9.11. The molecule has 0 saturated carbocycles. The monoisotopic (exact) mass is 484 g/mol. The first-order valence-corrected chi connectivity index (χ1v) is 11.8. The van der Waals surface area contributed by atoms with Crippen molar-refractivity contribution in [1.82, 2.24) is 24.2 Å². The SMILES string of the molecule is Cc1c(NC(=O)CSCC(=O)N2CCc3c([nH]c(=O)[nH]c3=O)C2)c(=O)n(-c2ccccc2)n1C. The second-order valence-corrected chi connectivity index (χ2v) is 8.89. The number of fused-ring (bicyclic) bond motifs is 1. The highest BCUT2D eigenvalue weighted by molar-refractivity contribution is 8.00. The molecule has 0 radical (unpaired) electrons. The van der Waals surface area contributed by atoms with Crippen molar-refractivity contribution in [1.29, 1.82) is 0 Å². The molecule has 3 N–H and O–H groups in total. The van der Waals surface area contributed by atoms with Gasteiger partial charge in [-0.3, -0.25) is 28.8 Å². The van der Waals surface area contributed by atoms with E-state index in [1.54, 1.807) is 35.7 Å². The molecule has 178 valence electrons. The molecule has 12 heteroatoms. The van der Waals surface area contributed by atoms with E-state index in [2.05, 4.69) is 15.3 Å². The van der Waals surface area contributed by atoms with E-state index in [1.165, 1.54) is 4.68 Å². The molecule has 3 aromatic rings. The van der Waals surface area contributed by atoms with Crippen molar-refractivity contribution >= 4 is 29.3 Å². The molecule has 2 amide bonds. The van der Waals surface area contributed by atoms with Crippen LogP contribution in [0.25, 0.3) is 5.69 Å². The normalized spacial score (nSPS) is 12.9. The van der Waals surface area contributed by atoms with Gasteiger partial charge < -0.3 is 15.2 Å². The highest BCUT2D eigenvalue weighted by atomic mass is 32.2. The van der Waals surface area contributed by atoms with Crippen LogP contribution in [0.3, 0.4) is 0 Å². The van der Waals surface area contributed by atoms with E-state index < -0.39 is 11.2 Å². The van der Waals surface area contributed by atoms with Crippen LogP contribution >= 0.6 is 11.8 Å². The minimum Gasteiger partial charge on any atom is -0.336 e. The molecule has 0 aliphatic carbocycles. The van der Waals surface area contributed by atoms with Crippen LogP contribution in [0.4, 0.5) is 5.69 Å². The molecular weight excluding hydrogens is 460 g/mol. The molecule has 1 aliphatic heterocycles. The van der Waals surface area contributed by atoms with Crippen molar-refractivity contribution < 1.29 is 9.59 Å². The van der Waals surface area contributed by atoms with Gasteiger partial charge in [0.05, 0.1) is 29.4 Å². The highest BCUT2D eigenvalue weighted by Crippen LogP contribution is 2.16. The quantitative estimate of drug-likeness (QED) is 0.454. The first kappa shape index (κ1) is 23.4. The number of H-pyrrole nitrogens is 2. The average molecular weight is 485 g/mol. The van der Waals surface area contributed by atoms with Crippen LogP contribution in [0.1, 0.15) is 17.0 Å². The lowest BCUT2D eigenvalue weighted by Gasteiger charge is -2.27. The Bertz CT molecular complexity index is 1420. The van der Waals surface area contributed by atoms with Crippen molar-refractivity contribution in [2.75, 3.05) is 23.4 Å². The zero-order valence-electron chi connectivity index (χ0n) is 18.7. The minimum atomic E-state index is -0.605. The lowest BCUT2D eigenvalue weighted by Crippen LogP contribution is -2.42. The van der Waals surface area contributed by atoms with E-state index in [0.717, 1.165) is 11.8 Å². The van der Waals surface area contributed by atoms with Crippen molar-refractivity contribution in [3.05, 3.63) is 78.5 Å². The fourth-order valence-electron chi connectivity index (χ4n) is 3.90. The molecule has 0 fully saturated rings. The molecule has 11 nitrogen and oxygen atoms in total. The average Bonchev–Trinajstić information content (AvgIpc) is 3.02. The molecule has 1 aliphatic rings. The van der Waals surface area contributed by atoms with Gasteiger partial charge in [0.1, 0.15) is 5.69 Å². The molecule has 0 saturated heterocycles. The van der Waals surface area contributed by atoms with E-state index in [0.29, 0.717) is 35.6 Å². The number of anilines is 1. The maximum atomic E-state index is 12.9. The van der Waals surface area contributed by atoms with Gasteiger partial charge in [-0.25, -0.2) is 9.48 Å². The number of carbonyl (C=O) groups is 2. The Morgan fingerprint density at radius 3 is 2.56 bits per heavy atom. The van der Waals surface area contributed by atoms with Crippen molar-refractivity contribution in [2.24, 2.45) is 7.05 Å². The Hall–Kier alpha value is -3.80. The number of benzene rings is 1. The van der Waals surface area contributed by atoms with E-state index in [1.807, 2.05) is 18.2 Å². The smallest absolute Gasteiger partial charge is 0.325 e. The lowest BCUT2D eigenvalue weighted by atomic mass is 10.1. The van der Waals surface area contributed by atoms with Gasteiger partial charge in [-0.05, 0) is 25.5 Å². The lowest BCUT2D eigenvalue weighted by molar-refractivity contribution is -0.129. The molecule has 3 heterocycles. The van der Waals surface area contributed by atoms with E-state index in [4.69, 9.17) is 0 Å². The predicted octanol–water partition coefficient (Wildman–Crippen LogP) is 0.118. The van der Waals surface area contributed by atoms with Gasteiger partial charge in [-0.15, -0.1) is 11.8 Å². The molecule has 4 rings (SSSR count). The third-order valence-electron chi connectivity index (χ3n) is 5.74. The number of rotatable bonds is 6. The van der Waals surface area contributed by atoms with Crippen LogP contribution in [0.5, 0.6) is 0 Å². The summed E-state index contributed by atoms with van der Waals surface area (Å²) in [5.74, 6) is -0.542. The van der Waals surface area contributed by atoms with Gasteiger partial charge >= 0.3 is 5.69 Å². The number of hydrogen-bond acceptors (Lipinski definition) is 6. The number of aromatic amines is 2. The second-order valence-electron chi connectivity index (χ2n) is 7.91. The molecule has 0 atom stereocenters. The molecular formula is C22H24N6O5S. The number of nitrogens with one attached hydrogen (secondary N) is 3. The molecule has 0 spiro atoms. The number of amides is 2. The Morgan fingerprint density at radius 2 is 1.82 bits per heavy atom. The Labute approximate surface area is 197 Å².